The van der Waals surface area contributed by atoms with Crippen LogP contribution in [-0.4, -0.2) is 5.97 Å². The van der Waals surface area contributed by atoms with Crippen LogP contribution < -0.4 is 4.74 Å². The van der Waals surface area contributed by atoms with E-state index in [0.29, 0.717) is 5.75 Å². The van der Waals surface area contributed by atoms with E-state index in [1.54, 1.807) is 0 Å². The van der Waals surface area contributed by atoms with E-state index in [1.807, 2.05) is 12.1 Å². The van der Waals surface area contributed by atoms with Crippen LogP contribution >= 0.6 is 0 Å². The molecule has 2 saturated carbocycles. The maximum Gasteiger partial charge on any atom is 0.314 e. The minimum Gasteiger partial charge on any atom is -0.426 e. The zero-order chi connectivity index (χ0) is 20.5. The number of hydrogen-bond acceptors (Lipinski definition) is 2. The van der Waals surface area contributed by atoms with E-state index in [9.17, 15) is 4.79 Å². The molecule has 2 fully saturated rings. The summed E-state index contributed by atoms with van der Waals surface area (Å²) in [6.07, 6.45) is 17.8. The fourth-order valence-corrected chi connectivity index (χ4v) is 5.44. The van der Waals surface area contributed by atoms with Gasteiger partial charge in [0.15, 0.2) is 0 Å². The van der Waals surface area contributed by atoms with Gasteiger partial charge >= 0.3 is 5.97 Å². The molecule has 0 aromatic heterocycles. The van der Waals surface area contributed by atoms with Crippen LogP contribution in [0.25, 0.3) is 0 Å². The molecule has 2 heteroatoms. The molecule has 1 aromatic rings. The van der Waals surface area contributed by atoms with Gasteiger partial charge in [-0.25, -0.2) is 0 Å². The van der Waals surface area contributed by atoms with Crippen LogP contribution in [0.1, 0.15) is 103 Å². The second-order valence-electron chi connectivity index (χ2n) is 9.86. The highest BCUT2D eigenvalue weighted by Gasteiger charge is 2.33. The number of hydrogen-bond donors (Lipinski definition) is 0. The number of benzene rings is 1. The van der Waals surface area contributed by atoms with Gasteiger partial charge < -0.3 is 4.74 Å². The Kier molecular flexibility index (Phi) is 9.08. The molecule has 0 atom stereocenters. The number of rotatable bonds is 9. The number of esters is 1. The Bertz CT molecular complexity index is 589. The summed E-state index contributed by atoms with van der Waals surface area (Å²) in [5, 5.41) is 0. The molecule has 0 saturated heterocycles. The van der Waals surface area contributed by atoms with Crippen molar-refractivity contribution in [3.63, 3.8) is 0 Å². The average molecular weight is 399 g/mol. The first-order valence-electron chi connectivity index (χ1n) is 12.5. The third-order valence-corrected chi connectivity index (χ3v) is 7.54. The molecule has 0 heterocycles. The smallest absolute Gasteiger partial charge is 0.314 e. The van der Waals surface area contributed by atoms with E-state index >= 15 is 0 Å². The summed E-state index contributed by atoms with van der Waals surface area (Å²) in [6.45, 7) is 4.64. The number of carbonyl (C=O) groups is 1. The molecule has 0 unspecified atom stereocenters. The van der Waals surface area contributed by atoms with Crippen molar-refractivity contribution in [2.24, 2.45) is 23.7 Å². The summed E-state index contributed by atoms with van der Waals surface area (Å²) in [7, 11) is 0. The third-order valence-electron chi connectivity index (χ3n) is 7.54. The first-order valence-corrected chi connectivity index (χ1v) is 12.5. The average Bonchev–Trinajstić information content (AvgIpc) is 2.75. The van der Waals surface area contributed by atoms with Gasteiger partial charge in [0, 0.05) is 0 Å². The summed E-state index contributed by atoms with van der Waals surface area (Å²) in [5.41, 5.74) is 1.35. The fourth-order valence-electron chi connectivity index (χ4n) is 5.44. The van der Waals surface area contributed by atoms with Crippen molar-refractivity contribution in [1.82, 2.24) is 0 Å². The molecular formula is C27H42O2. The summed E-state index contributed by atoms with van der Waals surface area (Å²) in [6, 6.07) is 8.22. The van der Waals surface area contributed by atoms with Crippen molar-refractivity contribution >= 4 is 5.97 Å². The van der Waals surface area contributed by atoms with Crippen molar-refractivity contribution in [1.29, 1.82) is 0 Å². The van der Waals surface area contributed by atoms with Crippen LogP contribution in [0.2, 0.25) is 0 Å². The van der Waals surface area contributed by atoms with Crippen LogP contribution in [0.4, 0.5) is 0 Å². The molecule has 29 heavy (non-hydrogen) atoms. The van der Waals surface area contributed by atoms with Gasteiger partial charge in [0.25, 0.3) is 0 Å². The van der Waals surface area contributed by atoms with Crippen molar-refractivity contribution in [3.05, 3.63) is 29.8 Å². The monoisotopic (exact) mass is 398 g/mol. The Hall–Kier alpha value is -1.31. The summed E-state index contributed by atoms with van der Waals surface area (Å²) in [4.78, 5) is 12.6. The van der Waals surface area contributed by atoms with Gasteiger partial charge in [-0.15, -0.1) is 0 Å². The van der Waals surface area contributed by atoms with Crippen LogP contribution in [0.5, 0.6) is 5.75 Å². The molecule has 1 aromatic carbocycles. The van der Waals surface area contributed by atoms with E-state index in [2.05, 4.69) is 26.0 Å². The molecular weight excluding hydrogens is 356 g/mol. The lowest BCUT2D eigenvalue weighted by Crippen LogP contribution is -2.29. The molecule has 3 rings (SSSR count). The van der Waals surface area contributed by atoms with Gasteiger partial charge in [-0.1, -0.05) is 64.5 Å². The van der Waals surface area contributed by atoms with Crippen LogP contribution in [0.3, 0.4) is 0 Å². The SMILES string of the molecule is CCCCCCCc1ccc(OC(=O)C2CCC(C3CCC(C)CC3)CC2)cc1. The van der Waals surface area contributed by atoms with Crippen LogP contribution in [0.15, 0.2) is 24.3 Å². The van der Waals surface area contributed by atoms with Crippen molar-refractivity contribution < 1.29 is 9.53 Å². The quantitative estimate of drug-likeness (QED) is 0.241. The van der Waals surface area contributed by atoms with E-state index in [1.165, 1.54) is 76.2 Å². The molecule has 0 aliphatic heterocycles. The summed E-state index contributed by atoms with van der Waals surface area (Å²) in [5.74, 6) is 3.50. The fraction of sp³-hybridized carbons (Fsp3) is 0.741. The Balaban J connectivity index is 1.37. The van der Waals surface area contributed by atoms with E-state index in [4.69, 9.17) is 4.74 Å². The lowest BCUT2D eigenvalue weighted by Gasteiger charge is -2.36. The molecule has 0 N–H and O–H groups in total. The van der Waals surface area contributed by atoms with Gasteiger partial charge in [0.1, 0.15) is 5.75 Å². The standard InChI is InChI=1S/C27H42O2/c1-3-4-5-6-7-8-22-11-19-26(20-12-22)29-27(28)25-17-15-24(16-18-25)23-13-9-21(2)10-14-23/h11-12,19-21,23-25H,3-10,13-18H2,1-2H3. The Morgan fingerprint density at radius 2 is 1.41 bits per heavy atom. The molecule has 2 nitrogen and oxygen atoms in total. The normalized spacial score (nSPS) is 27.5. The second-order valence-corrected chi connectivity index (χ2v) is 9.86. The highest BCUT2D eigenvalue weighted by Crippen LogP contribution is 2.41. The van der Waals surface area contributed by atoms with Gasteiger partial charge in [-0.2, -0.15) is 0 Å². The van der Waals surface area contributed by atoms with Crippen LogP contribution in [0, 0.1) is 23.7 Å². The molecule has 162 valence electrons. The van der Waals surface area contributed by atoms with E-state index in [0.717, 1.165) is 37.0 Å². The predicted molar refractivity (Wildman–Crippen MR) is 121 cm³/mol. The topological polar surface area (TPSA) is 26.3 Å². The Morgan fingerprint density at radius 3 is 2.03 bits per heavy atom. The highest BCUT2D eigenvalue weighted by atomic mass is 16.5. The molecule has 0 bridgehead atoms. The molecule has 2 aliphatic rings. The first kappa shape index (κ1) is 22.4. The Labute approximate surface area is 178 Å². The minimum atomic E-state index is -0.00645. The van der Waals surface area contributed by atoms with Gasteiger partial charge in [0.2, 0.25) is 0 Å². The lowest BCUT2D eigenvalue weighted by atomic mass is 9.69. The van der Waals surface area contributed by atoms with Crippen LogP contribution in [-0.2, 0) is 11.2 Å². The van der Waals surface area contributed by atoms with Gasteiger partial charge in [-0.05, 0) is 86.8 Å². The van der Waals surface area contributed by atoms with E-state index < -0.39 is 0 Å². The van der Waals surface area contributed by atoms with Crippen molar-refractivity contribution in [2.45, 2.75) is 104 Å². The van der Waals surface area contributed by atoms with Gasteiger partial charge in [0.05, 0.1) is 5.92 Å². The number of aryl methyl sites for hydroxylation is 1. The van der Waals surface area contributed by atoms with E-state index in [-0.39, 0.29) is 11.9 Å². The third kappa shape index (κ3) is 7.15. The van der Waals surface area contributed by atoms with Crippen molar-refractivity contribution in [2.75, 3.05) is 0 Å². The minimum absolute atomic E-state index is 0.00645. The zero-order valence-electron chi connectivity index (χ0n) is 18.8. The maximum atomic E-state index is 12.6. The largest absolute Gasteiger partial charge is 0.426 e. The predicted octanol–water partition coefficient (Wildman–Crippen LogP) is 7.74. The summed E-state index contributed by atoms with van der Waals surface area (Å²) >= 11 is 0. The summed E-state index contributed by atoms with van der Waals surface area (Å²) < 4.78 is 5.72. The highest BCUT2D eigenvalue weighted by molar-refractivity contribution is 5.75. The Morgan fingerprint density at radius 1 is 0.828 bits per heavy atom. The second kappa shape index (κ2) is 11.8. The lowest BCUT2D eigenvalue weighted by molar-refractivity contribution is -0.140. The van der Waals surface area contributed by atoms with Gasteiger partial charge in [-0.3, -0.25) is 4.79 Å². The number of unbranched alkanes of at least 4 members (excludes halogenated alkanes) is 4. The molecule has 0 amide bonds. The maximum absolute atomic E-state index is 12.6. The first-order chi connectivity index (χ1) is 14.2. The zero-order valence-corrected chi connectivity index (χ0v) is 18.8. The number of ether oxygens (including phenoxy) is 1. The molecule has 0 radical (unpaired) electrons. The molecule has 2 aliphatic carbocycles. The number of carbonyl (C=O) groups excluding carboxylic acids is 1. The van der Waals surface area contributed by atoms with Crippen molar-refractivity contribution in [3.8, 4) is 5.75 Å². The molecule has 0 spiro atoms.